The van der Waals surface area contributed by atoms with Gasteiger partial charge in [0.1, 0.15) is 6.20 Å². The summed E-state index contributed by atoms with van der Waals surface area (Å²) in [4.78, 5) is 10.2. The van der Waals surface area contributed by atoms with E-state index in [0.29, 0.717) is 12.3 Å². The van der Waals surface area contributed by atoms with Crippen LogP contribution in [0.4, 0.5) is 11.5 Å². The minimum atomic E-state index is -0.490. The van der Waals surface area contributed by atoms with Gasteiger partial charge >= 0.3 is 5.69 Å². The topological polar surface area (TPSA) is 99.0 Å². The van der Waals surface area contributed by atoms with Crippen molar-refractivity contribution in [1.82, 2.24) is 14.9 Å². The number of anilines is 1. The molecule has 0 saturated heterocycles. The summed E-state index contributed by atoms with van der Waals surface area (Å²) in [6, 6.07) is 1.67. The van der Waals surface area contributed by atoms with Crippen molar-refractivity contribution in [3.8, 4) is 0 Å². The van der Waals surface area contributed by atoms with Crippen molar-refractivity contribution in [3.63, 3.8) is 0 Å². The Bertz CT molecular complexity index is 490. The van der Waals surface area contributed by atoms with Gasteiger partial charge in [0.15, 0.2) is 5.76 Å². The Morgan fingerprint density at radius 2 is 2.50 bits per heavy atom. The Balaban J connectivity index is 2.12. The van der Waals surface area contributed by atoms with Crippen LogP contribution in [-0.2, 0) is 13.6 Å². The summed E-state index contributed by atoms with van der Waals surface area (Å²) in [6.45, 7) is 0.303. The number of aryl methyl sites for hydroxylation is 1. The summed E-state index contributed by atoms with van der Waals surface area (Å²) in [5.74, 6) is 0.795. The molecule has 2 rings (SSSR count). The van der Waals surface area contributed by atoms with Gasteiger partial charge in [-0.1, -0.05) is 5.16 Å². The quantitative estimate of drug-likeness (QED) is 0.611. The largest absolute Gasteiger partial charge is 0.360 e. The fourth-order valence-electron chi connectivity index (χ4n) is 1.24. The van der Waals surface area contributed by atoms with Crippen LogP contribution in [-0.4, -0.2) is 19.9 Å². The monoisotopic (exact) mass is 223 g/mol. The van der Waals surface area contributed by atoms with Gasteiger partial charge < -0.3 is 9.84 Å². The number of nitrogens with zero attached hydrogens (tertiary/aromatic N) is 4. The van der Waals surface area contributed by atoms with Gasteiger partial charge in [0.05, 0.1) is 17.7 Å². The normalized spacial score (nSPS) is 10.3. The van der Waals surface area contributed by atoms with Gasteiger partial charge in [-0.3, -0.25) is 14.8 Å². The Morgan fingerprint density at radius 1 is 1.69 bits per heavy atom. The summed E-state index contributed by atoms with van der Waals surface area (Å²) in [5, 5.41) is 20.9. The highest BCUT2D eigenvalue weighted by molar-refractivity contribution is 5.54. The van der Waals surface area contributed by atoms with Gasteiger partial charge in [-0.2, -0.15) is 0 Å². The first-order valence-corrected chi connectivity index (χ1v) is 4.48. The fraction of sp³-hybridized carbons (Fsp3) is 0.250. The molecule has 16 heavy (non-hydrogen) atoms. The highest BCUT2D eigenvalue weighted by Crippen LogP contribution is 2.21. The van der Waals surface area contributed by atoms with Gasteiger partial charge in [0.2, 0.25) is 5.82 Å². The average Bonchev–Trinajstić information content (AvgIpc) is 2.83. The molecule has 0 amide bonds. The van der Waals surface area contributed by atoms with Crippen LogP contribution >= 0.6 is 0 Å². The van der Waals surface area contributed by atoms with E-state index >= 15 is 0 Å². The lowest BCUT2D eigenvalue weighted by Crippen LogP contribution is -2.01. The third-order valence-electron chi connectivity index (χ3n) is 1.93. The zero-order valence-corrected chi connectivity index (χ0v) is 8.45. The first kappa shape index (κ1) is 10.1. The summed E-state index contributed by atoms with van der Waals surface area (Å²) in [6.07, 6.45) is 2.84. The highest BCUT2D eigenvalue weighted by Gasteiger charge is 2.18. The van der Waals surface area contributed by atoms with Crippen LogP contribution in [0.5, 0.6) is 0 Å². The number of nitrogens with one attached hydrogen (secondary N) is 1. The smallest absolute Gasteiger partial charge is 0.330 e. The van der Waals surface area contributed by atoms with Crippen molar-refractivity contribution < 1.29 is 9.45 Å². The predicted molar refractivity (Wildman–Crippen MR) is 53.7 cm³/mol. The van der Waals surface area contributed by atoms with E-state index in [-0.39, 0.29) is 11.5 Å². The predicted octanol–water partition coefficient (Wildman–Crippen LogP) is 0.928. The van der Waals surface area contributed by atoms with Gasteiger partial charge in [-0.25, -0.2) is 0 Å². The molecular weight excluding hydrogens is 214 g/mol. The second-order valence-electron chi connectivity index (χ2n) is 3.13. The van der Waals surface area contributed by atoms with Crippen LogP contribution in [0.1, 0.15) is 5.76 Å². The molecule has 0 saturated carbocycles. The van der Waals surface area contributed by atoms with Crippen molar-refractivity contribution in [1.29, 1.82) is 0 Å². The Kier molecular flexibility index (Phi) is 2.54. The van der Waals surface area contributed by atoms with Gasteiger partial charge in [-0.05, 0) is 0 Å². The minimum absolute atomic E-state index is 0.0676. The number of aromatic nitrogens is 3. The van der Waals surface area contributed by atoms with E-state index < -0.39 is 4.92 Å². The van der Waals surface area contributed by atoms with Crippen LogP contribution in [0.15, 0.2) is 23.0 Å². The average molecular weight is 223 g/mol. The summed E-state index contributed by atoms with van der Waals surface area (Å²) in [5.41, 5.74) is -0.0676. The van der Waals surface area contributed by atoms with E-state index in [1.165, 1.54) is 17.1 Å². The SMILES string of the molecule is Cn1cc([N+](=O)[O-])c(NCc2ccno2)n1. The molecule has 2 aromatic heterocycles. The molecule has 1 N–H and O–H groups in total. The number of rotatable bonds is 4. The first-order valence-electron chi connectivity index (χ1n) is 4.48. The van der Waals surface area contributed by atoms with Gasteiger partial charge in [0, 0.05) is 13.1 Å². The van der Waals surface area contributed by atoms with Crippen molar-refractivity contribution in [3.05, 3.63) is 34.3 Å². The van der Waals surface area contributed by atoms with Crippen LogP contribution in [0.3, 0.4) is 0 Å². The van der Waals surface area contributed by atoms with Crippen LogP contribution < -0.4 is 5.32 Å². The summed E-state index contributed by atoms with van der Waals surface area (Å²) < 4.78 is 6.22. The maximum Gasteiger partial charge on any atom is 0.330 e. The molecule has 0 fully saturated rings. The van der Waals surface area contributed by atoms with E-state index in [2.05, 4.69) is 15.6 Å². The zero-order valence-electron chi connectivity index (χ0n) is 8.45. The van der Waals surface area contributed by atoms with Gasteiger partial charge in [-0.15, -0.1) is 5.10 Å². The molecule has 0 spiro atoms. The van der Waals surface area contributed by atoms with E-state index in [1.807, 2.05) is 0 Å². The molecule has 84 valence electrons. The van der Waals surface area contributed by atoms with Crippen molar-refractivity contribution >= 4 is 11.5 Å². The van der Waals surface area contributed by atoms with Crippen LogP contribution in [0.2, 0.25) is 0 Å². The lowest BCUT2D eigenvalue weighted by Gasteiger charge is -1.98. The van der Waals surface area contributed by atoms with E-state index in [1.54, 1.807) is 13.1 Å². The van der Waals surface area contributed by atoms with Crippen molar-refractivity contribution in [2.45, 2.75) is 6.54 Å². The Labute approximate surface area is 90.0 Å². The standard InChI is InChI=1S/C8H9N5O3/c1-12-5-7(13(14)15)8(11-12)9-4-6-2-3-10-16-6/h2-3,5H,4H2,1H3,(H,9,11). The summed E-state index contributed by atoms with van der Waals surface area (Å²) >= 11 is 0. The third-order valence-corrected chi connectivity index (χ3v) is 1.93. The minimum Gasteiger partial charge on any atom is -0.360 e. The van der Waals surface area contributed by atoms with Crippen LogP contribution in [0.25, 0.3) is 0 Å². The molecule has 0 aliphatic heterocycles. The number of hydrogen-bond acceptors (Lipinski definition) is 6. The maximum atomic E-state index is 10.7. The summed E-state index contributed by atoms with van der Waals surface area (Å²) in [7, 11) is 1.62. The highest BCUT2D eigenvalue weighted by atomic mass is 16.6. The van der Waals surface area contributed by atoms with E-state index in [4.69, 9.17) is 4.52 Å². The van der Waals surface area contributed by atoms with Crippen molar-refractivity contribution in [2.24, 2.45) is 7.05 Å². The molecule has 0 atom stereocenters. The molecule has 8 nitrogen and oxygen atoms in total. The lowest BCUT2D eigenvalue weighted by atomic mass is 10.4. The molecule has 0 unspecified atom stereocenters. The molecular formula is C8H9N5O3. The molecule has 0 radical (unpaired) electrons. The lowest BCUT2D eigenvalue weighted by molar-refractivity contribution is -0.384. The van der Waals surface area contributed by atoms with Crippen LogP contribution in [0, 0.1) is 10.1 Å². The van der Waals surface area contributed by atoms with E-state index in [0.717, 1.165) is 0 Å². The molecule has 0 aliphatic carbocycles. The molecule has 0 bridgehead atoms. The second-order valence-corrected chi connectivity index (χ2v) is 3.13. The van der Waals surface area contributed by atoms with Crippen molar-refractivity contribution in [2.75, 3.05) is 5.32 Å². The zero-order chi connectivity index (χ0) is 11.5. The first-order chi connectivity index (χ1) is 7.66. The Morgan fingerprint density at radius 3 is 3.12 bits per heavy atom. The molecule has 2 heterocycles. The van der Waals surface area contributed by atoms with E-state index in [9.17, 15) is 10.1 Å². The molecule has 8 heteroatoms. The third kappa shape index (κ3) is 2.00. The second kappa shape index (κ2) is 4.01. The maximum absolute atomic E-state index is 10.7. The van der Waals surface area contributed by atoms with Gasteiger partial charge in [0.25, 0.3) is 0 Å². The molecule has 0 aliphatic rings. The number of nitro groups is 1. The molecule has 0 aromatic carbocycles. The fourth-order valence-corrected chi connectivity index (χ4v) is 1.24. The number of hydrogen-bond donors (Lipinski definition) is 1. The Hall–Kier alpha value is -2.38. The molecule has 2 aromatic rings.